The molecule has 1 saturated carbocycles. The summed E-state index contributed by atoms with van der Waals surface area (Å²) in [4.78, 5) is 13.1. The minimum absolute atomic E-state index is 0.159. The number of hydrogen-bond acceptors (Lipinski definition) is 2. The molecule has 0 aromatic heterocycles. The first-order chi connectivity index (χ1) is 9.15. The first-order valence-electron chi connectivity index (χ1n) is 6.83. The fourth-order valence-corrected chi connectivity index (χ4v) is 3.43. The molecule has 0 heterocycles. The highest BCUT2D eigenvalue weighted by atomic mass is 79.9. The van der Waals surface area contributed by atoms with Gasteiger partial charge in [-0.05, 0) is 43.0 Å². The van der Waals surface area contributed by atoms with Crippen molar-refractivity contribution in [1.82, 2.24) is 5.32 Å². The molecule has 2 nitrogen and oxygen atoms in total. The summed E-state index contributed by atoms with van der Waals surface area (Å²) >= 11 is 5.00. The molecule has 1 aromatic rings. The van der Waals surface area contributed by atoms with Crippen molar-refractivity contribution in [1.29, 1.82) is 0 Å². The molecule has 2 rings (SSSR count). The van der Waals surface area contributed by atoms with Crippen molar-refractivity contribution in [2.75, 3.05) is 5.75 Å². The van der Waals surface area contributed by atoms with Crippen molar-refractivity contribution in [3.63, 3.8) is 0 Å². The first-order valence-corrected chi connectivity index (χ1v) is 8.61. The van der Waals surface area contributed by atoms with E-state index < -0.39 is 0 Å². The number of benzene rings is 1. The van der Waals surface area contributed by atoms with Crippen LogP contribution in [0, 0.1) is 5.92 Å². The van der Waals surface area contributed by atoms with Crippen LogP contribution in [0.3, 0.4) is 0 Å². The van der Waals surface area contributed by atoms with E-state index in [1.54, 1.807) is 11.8 Å². The number of carbonyl (C=O) groups is 1. The highest BCUT2D eigenvalue weighted by molar-refractivity contribution is 9.10. The van der Waals surface area contributed by atoms with Crippen LogP contribution in [0.25, 0.3) is 0 Å². The van der Waals surface area contributed by atoms with Gasteiger partial charge >= 0.3 is 0 Å². The van der Waals surface area contributed by atoms with Crippen LogP contribution in [0.1, 0.15) is 32.6 Å². The van der Waals surface area contributed by atoms with E-state index >= 15 is 0 Å². The number of thioether (sulfide) groups is 1. The van der Waals surface area contributed by atoms with Crippen molar-refractivity contribution in [2.24, 2.45) is 5.92 Å². The summed E-state index contributed by atoms with van der Waals surface area (Å²) in [6.07, 6.45) is 4.93. The molecular weight excluding hydrogens is 322 g/mol. The van der Waals surface area contributed by atoms with Gasteiger partial charge in [0.05, 0.1) is 5.75 Å². The molecule has 0 bridgehead atoms. The lowest BCUT2D eigenvalue weighted by Gasteiger charge is -2.29. The predicted molar refractivity (Wildman–Crippen MR) is 84.4 cm³/mol. The smallest absolute Gasteiger partial charge is 0.230 e. The molecule has 0 saturated heterocycles. The quantitative estimate of drug-likeness (QED) is 0.830. The highest BCUT2D eigenvalue weighted by Crippen LogP contribution is 2.24. The molecule has 0 aliphatic heterocycles. The van der Waals surface area contributed by atoms with Gasteiger partial charge in [0, 0.05) is 15.4 Å². The summed E-state index contributed by atoms with van der Waals surface area (Å²) < 4.78 is 1.07. The second-order valence-electron chi connectivity index (χ2n) is 5.18. The summed E-state index contributed by atoms with van der Waals surface area (Å²) in [6.45, 7) is 2.24. The van der Waals surface area contributed by atoms with Gasteiger partial charge in [-0.3, -0.25) is 4.79 Å². The Bertz CT molecular complexity index is 421. The van der Waals surface area contributed by atoms with Gasteiger partial charge in [-0.2, -0.15) is 0 Å². The van der Waals surface area contributed by atoms with Gasteiger partial charge in [0.25, 0.3) is 0 Å². The minimum atomic E-state index is 0.159. The van der Waals surface area contributed by atoms with Crippen LogP contribution in [0.15, 0.2) is 33.6 Å². The maximum atomic E-state index is 12.0. The maximum Gasteiger partial charge on any atom is 0.230 e. The molecule has 19 heavy (non-hydrogen) atoms. The van der Waals surface area contributed by atoms with Gasteiger partial charge in [0.1, 0.15) is 0 Å². The van der Waals surface area contributed by atoms with Crippen LogP contribution in [-0.2, 0) is 4.79 Å². The van der Waals surface area contributed by atoms with Crippen molar-refractivity contribution in [3.05, 3.63) is 28.7 Å². The van der Waals surface area contributed by atoms with E-state index in [2.05, 4.69) is 28.2 Å². The number of carbonyl (C=O) groups excluding carboxylic acids is 1. The first kappa shape index (κ1) is 14.9. The average molecular weight is 342 g/mol. The van der Waals surface area contributed by atoms with E-state index in [1.807, 2.05) is 24.3 Å². The van der Waals surface area contributed by atoms with E-state index in [0.717, 1.165) is 15.8 Å². The molecule has 0 spiro atoms. The Kier molecular flexibility index (Phi) is 5.76. The zero-order valence-corrected chi connectivity index (χ0v) is 13.6. The third-order valence-electron chi connectivity index (χ3n) is 3.64. The van der Waals surface area contributed by atoms with Crippen molar-refractivity contribution in [3.8, 4) is 0 Å². The van der Waals surface area contributed by atoms with Gasteiger partial charge in [-0.1, -0.05) is 35.7 Å². The Hall–Kier alpha value is -0.480. The predicted octanol–water partition coefficient (Wildman–Crippen LogP) is 4.24. The summed E-state index contributed by atoms with van der Waals surface area (Å²) in [7, 11) is 0. The van der Waals surface area contributed by atoms with Gasteiger partial charge in [-0.25, -0.2) is 0 Å². The number of hydrogen-bond donors (Lipinski definition) is 1. The lowest BCUT2D eigenvalue weighted by Crippen LogP contribution is -2.41. The highest BCUT2D eigenvalue weighted by Gasteiger charge is 2.22. The Morgan fingerprint density at radius 2 is 2.00 bits per heavy atom. The van der Waals surface area contributed by atoms with Crippen molar-refractivity contribution < 1.29 is 4.79 Å². The van der Waals surface area contributed by atoms with Crippen LogP contribution in [0.2, 0.25) is 0 Å². The standard InChI is InChI=1S/C15H20BrNOS/c1-11-4-2-3-5-14(11)17-15(18)10-19-13-8-6-12(16)7-9-13/h6-9,11,14H,2-5,10H2,1H3,(H,17,18). The van der Waals surface area contributed by atoms with Crippen LogP contribution >= 0.6 is 27.7 Å². The lowest BCUT2D eigenvalue weighted by atomic mass is 9.86. The molecule has 1 fully saturated rings. The van der Waals surface area contributed by atoms with Crippen LogP contribution in [0.5, 0.6) is 0 Å². The second kappa shape index (κ2) is 7.34. The molecule has 1 N–H and O–H groups in total. The summed E-state index contributed by atoms with van der Waals surface area (Å²) in [5.41, 5.74) is 0. The Balaban J connectivity index is 1.76. The van der Waals surface area contributed by atoms with E-state index in [4.69, 9.17) is 0 Å². The number of amides is 1. The number of halogens is 1. The molecule has 1 aromatic carbocycles. The average Bonchev–Trinajstić information content (AvgIpc) is 2.41. The second-order valence-corrected chi connectivity index (χ2v) is 7.14. The molecule has 4 heteroatoms. The van der Waals surface area contributed by atoms with Gasteiger partial charge in [0.15, 0.2) is 0 Å². The van der Waals surface area contributed by atoms with Crippen LogP contribution < -0.4 is 5.32 Å². The molecular formula is C15H20BrNOS. The fraction of sp³-hybridized carbons (Fsp3) is 0.533. The van der Waals surface area contributed by atoms with Crippen LogP contribution in [0.4, 0.5) is 0 Å². The van der Waals surface area contributed by atoms with E-state index in [1.165, 1.54) is 19.3 Å². The number of rotatable bonds is 4. The Labute approximate surface area is 127 Å². The third kappa shape index (κ3) is 4.84. The third-order valence-corrected chi connectivity index (χ3v) is 5.18. The molecule has 2 atom stereocenters. The van der Waals surface area contributed by atoms with Crippen molar-refractivity contribution >= 4 is 33.6 Å². The fourth-order valence-electron chi connectivity index (χ4n) is 2.46. The van der Waals surface area contributed by atoms with E-state index in [-0.39, 0.29) is 5.91 Å². The summed E-state index contributed by atoms with van der Waals surface area (Å²) in [5, 5.41) is 3.18. The number of nitrogens with one attached hydrogen (secondary N) is 1. The zero-order chi connectivity index (χ0) is 13.7. The molecule has 0 radical (unpaired) electrons. The SMILES string of the molecule is CC1CCCCC1NC(=O)CSc1ccc(Br)cc1. The molecule has 1 amide bonds. The summed E-state index contributed by atoms with van der Waals surface area (Å²) in [5.74, 6) is 1.28. The van der Waals surface area contributed by atoms with E-state index in [0.29, 0.717) is 17.7 Å². The minimum Gasteiger partial charge on any atom is -0.352 e. The molecule has 104 valence electrons. The Morgan fingerprint density at radius 1 is 1.32 bits per heavy atom. The molecule has 2 unspecified atom stereocenters. The molecule has 1 aliphatic carbocycles. The van der Waals surface area contributed by atoms with Crippen LogP contribution in [-0.4, -0.2) is 17.7 Å². The normalized spacial score (nSPS) is 23.1. The van der Waals surface area contributed by atoms with Crippen molar-refractivity contribution in [2.45, 2.75) is 43.5 Å². The van der Waals surface area contributed by atoms with Gasteiger partial charge in [-0.15, -0.1) is 11.8 Å². The zero-order valence-electron chi connectivity index (χ0n) is 11.2. The topological polar surface area (TPSA) is 29.1 Å². The van der Waals surface area contributed by atoms with Gasteiger partial charge in [0.2, 0.25) is 5.91 Å². The Morgan fingerprint density at radius 3 is 2.68 bits per heavy atom. The maximum absolute atomic E-state index is 12.0. The largest absolute Gasteiger partial charge is 0.352 e. The van der Waals surface area contributed by atoms with E-state index in [9.17, 15) is 4.79 Å². The summed E-state index contributed by atoms with van der Waals surface area (Å²) in [6, 6.07) is 8.45. The monoisotopic (exact) mass is 341 g/mol. The van der Waals surface area contributed by atoms with Gasteiger partial charge < -0.3 is 5.32 Å². The lowest BCUT2D eigenvalue weighted by molar-refractivity contribution is -0.119. The molecule has 1 aliphatic rings.